The molecule has 1 aromatic carbocycles. The van der Waals surface area contributed by atoms with Crippen LogP contribution in [0.25, 0.3) is 0 Å². The van der Waals surface area contributed by atoms with Crippen molar-refractivity contribution in [1.82, 2.24) is 0 Å². The van der Waals surface area contributed by atoms with Gasteiger partial charge in [0.15, 0.2) is 0 Å². The van der Waals surface area contributed by atoms with Gasteiger partial charge in [-0.3, -0.25) is 4.79 Å². The molecule has 0 saturated carbocycles. The highest BCUT2D eigenvalue weighted by Crippen LogP contribution is 2.26. The fourth-order valence-electron chi connectivity index (χ4n) is 2.47. The second-order valence-electron chi connectivity index (χ2n) is 5.02. The lowest BCUT2D eigenvalue weighted by molar-refractivity contribution is -0.313. The van der Waals surface area contributed by atoms with Crippen molar-refractivity contribution < 1.29 is 14.7 Å². The SMILES string of the molecule is CCc1cccc(NC(=O)[C@H]2CC=CC[C@H]2C(=O)[O-])c1. The van der Waals surface area contributed by atoms with Crippen LogP contribution in [0.4, 0.5) is 5.69 Å². The number of benzene rings is 1. The number of carboxylic acid groups (broad SMARTS) is 1. The molecule has 0 spiro atoms. The molecule has 4 heteroatoms. The van der Waals surface area contributed by atoms with Crippen LogP contribution in [-0.2, 0) is 16.0 Å². The minimum Gasteiger partial charge on any atom is -0.550 e. The highest BCUT2D eigenvalue weighted by Gasteiger charge is 2.29. The van der Waals surface area contributed by atoms with Crippen LogP contribution in [0.3, 0.4) is 0 Å². The number of carbonyl (C=O) groups excluding carboxylic acids is 2. The molecule has 0 heterocycles. The molecule has 1 amide bonds. The van der Waals surface area contributed by atoms with Gasteiger partial charge in [-0.25, -0.2) is 0 Å². The van der Waals surface area contributed by atoms with Gasteiger partial charge in [0.25, 0.3) is 0 Å². The summed E-state index contributed by atoms with van der Waals surface area (Å²) < 4.78 is 0. The third-order valence-electron chi connectivity index (χ3n) is 3.67. The zero-order valence-electron chi connectivity index (χ0n) is 11.5. The second-order valence-corrected chi connectivity index (χ2v) is 5.02. The molecule has 0 aliphatic heterocycles. The van der Waals surface area contributed by atoms with Crippen LogP contribution < -0.4 is 10.4 Å². The Morgan fingerprint density at radius 1 is 1.25 bits per heavy atom. The maximum atomic E-state index is 12.2. The summed E-state index contributed by atoms with van der Waals surface area (Å²) in [7, 11) is 0. The van der Waals surface area contributed by atoms with E-state index in [1.54, 1.807) is 6.08 Å². The minimum atomic E-state index is -1.16. The van der Waals surface area contributed by atoms with E-state index in [1.165, 1.54) is 0 Å². The number of aryl methyl sites for hydroxylation is 1. The molecule has 1 aromatic rings. The van der Waals surface area contributed by atoms with Crippen molar-refractivity contribution in [2.24, 2.45) is 11.8 Å². The average molecular weight is 272 g/mol. The molecular weight excluding hydrogens is 254 g/mol. The monoisotopic (exact) mass is 272 g/mol. The smallest absolute Gasteiger partial charge is 0.228 e. The van der Waals surface area contributed by atoms with Crippen molar-refractivity contribution in [2.45, 2.75) is 26.2 Å². The Morgan fingerprint density at radius 2 is 1.95 bits per heavy atom. The van der Waals surface area contributed by atoms with E-state index >= 15 is 0 Å². The number of carbonyl (C=O) groups is 2. The van der Waals surface area contributed by atoms with Gasteiger partial charge < -0.3 is 15.2 Å². The molecule has 20 heavy (non-hydrogen) atoms. The van der Waals surface area contributed by atoms with Crippen LogP contribution in [0.1, 0.15) is 25.3 Å². The van der Waals surface area contributed by atoms with E-state index in [0.29, 0.717) is 18.5 Å². The predicted molar refractivity (Wildman–Crippen MR) is 74.8 cm³/mol. The molecule has 0 bridgehead atoms. The number of hydrogen-bond acceptors (Lipinski definition) is 3. The number of anilines is 1. The summed E-state index contributed by atoms with van der Waals surface area (Å²) in [6, 6.07) is 7.59. The van der Waals surface area contributed by atoms with Gasteiger partial charge in [0.05, 0.1) is 5.92 Å². The lowest BCUT2D eigenvalue weighted by Gasteiger charge is -2.28. The summed E-state index contributed by atoms with van der Waals surface area (Å²) >= 11 is 0. The molecule has 0 fully saturated rings. The topological polar surface area (TPSA) is 69.2 Å². The minimum absolute atomic E-state index is 0.253. The highest BCUT2D eigenvalue weighted by atomic mass is 16.4. The van der Waals surface area contributed by atoms with Crippen LogP contribution in [0.2, 0.25) is 0 Å². The van der Waals surface area contributed by atoms with Crippen LogP contribution in [0.15, 0.2) is 36.4 Å². The number of amides is 1. The lowest BCUT2D eigenvalue weighted by Crippen LogP contribution is -2.41. The molecule has 0 radical (unpaired) electrons. The van der Waals surface area contributed by atoms with Gasteiger partial charge in [-0.05, 0) is 37.0 Å². The van der Waals surface area contributed by atoms with Gasteiger partial charge >= 0.3 is 0 Å². The molecule has 1 aliphatic carbocycles. The van der Waals surface area contributed by atoms with Crippen LogP contribution in [-0.4, -0.2) is 11.9 Å². The molecular formula is C16H18NO3-. The normalized spacial score (nSPS) is 21.4. The fourth-order valence-corrected chi connectivity index (χ4v) is 2.47. The first-order valence-corrected chi connectivity index (χ1v) is 6.87. The third kappa shape index (κ3) is 3.26. The second kappa shape index (κ2) is 6.37. The summed E-state index contributed by atoms with van der Waals surface area (Å²) in [5.74, 6) is -2.71. The van der Waals surface area contributed by atoms with Crippen molar-refractivity contribution >= 4 is 17.6 Å². The van der Waals surface area contributed by atoms with E-state index < -0.39 is 17.8 Å². The van der Waals surface area contributed by atoms with Crippen molar-refractivity contribution in [3.8, 4) is 0 Å². The third-order valence-corrected chi connectivity index (χ3v) is 3.67. The quantitative estimate of drug-likeness (QED) is 0.845. The molecule has 1 N–H and O–H groups in total. The number of allylic oxidation sites excluding steroid dienone is 2. The van der Waals surface area contributed by atoms with Crippen molar-refractivity contribution in [3.63, 3.8) is 0 Å². The maximum absolute atomic E-state index is 12.2. The fraction of sp³-hybridized carbons (Fsp3) is 0.375. The molecule has 0 aromatic heterocycles. The number of nitrogens with one attached hydrogen (secondary N) is 1. The van der Waals surface area contributed by atoms with E-state index in [4.69, 9.17) is 0 Å². The summed E-state index contributed by atoms with van der Waals surface area (Å²) in [6.45, 7) is 2.04. The Bertz CT molecular complexity index is 536. The average Bonchev–Trinajstić information content (AvgIpc) is 2.47. The predicted octanol–water partition coefficient (Wildman–Crippen LogP) is 1.52. The van der Waals surface area contributed by atoms with Crippen LogP contribution >= 0.6 is 0 Å². The largest absolute Gasteiger partial charge is 0.550 e. The number of carboxylic acids is 1. The van der Waals surface area contributed by atoms with Crippen LogP contribution in [0, 0.1) is 11.8 Å². The van der Waals surface area contributed by atoms with Crippen molar-refractivity contribution in [1.29, 1.82) is 0 Å². The highest BCUT2D eigenvalue weighted by molar-refractivity contribution is 5.95. The first kappa shape index (κ1) is 14.3. The molecule has 106 valence electrons. The van der Waals surface area contributed by atoms with Crippen molar-refractivity contribution in [3.05, 3.63) is 42.0 Å². The Morgan fingerprint density at radius 3 is 2.60 bits per heavy atom. The number of hydrogen-bond donors (Lipinski definition) is 1. The number of aliphatic carboxylic acids is 1. The van der Waals surface area contributed by atoms with Crippen molar-refractivity contribution in [2.75, 3.05) is 5.32 Å². The summed E-state index contributed by atoms with van der Waals surface area (Å²) in [5.41, 5.74) is 1.84. The Kier molecular flexibility index (Phi) is 4.56. The molecule has 2 atom stereocenters. The van der Waals surface area contributed by atoms with E-state index in [9.17, 15) is 14.7 Å². The molecule has 4 nitrogen and oxygen atoms in total. The summed E-state index contributed by atoms with van der Waals surface area (Å²) in [4.78, 5) is 23.3. The Labute approximate surface area is 118 Å². The van der Waals surface area contributed by atoms with Gasteiger partial charge in [0.2, 0.25) is 5.91 Å². The molecule has 2 rings (SSSR count). The first-order chi connectivity index (χ1) is 9.61. The van der Waals surface area contributed by atoms with E-state index in [2.05, 4.69) is 5.32 Å². The Hall–Kier alpha value is -2.10. The number of rotatable bonds is 4. The van der Waals surface area contributed by atoms with Gasteiger partial charge in [-0.2, -0.15) is 0 Å². The molecule has 0 unspecified atom stereocenters. The molecule has 1 aliphatic rings. The lowest BCUT2D eigenvalue weighted by atomic mass is 9.82. The van der Waals surface area contributed by atoms with Gasteiger partial charge in [-0.15, -0.1) is 0 Å². The van der Waals surface area contributed by atoms with Gasteiger partial charge in [0.1, 0.15) is 0 Å². The van der Waals surface area contributed by atoms with Gasteiger partial charge in [-0.1, -0.05) is 31.2 Å². The summed E-state index contributed by atoms with van der Waals surface area (Å²) in [5, 5.41) is 13.9. The standard InChI is InChI=1S/C16H19NO3/c1-2-11-6-5-7-12(10-11)17-15(18)13-8-3-4-9-14(13)16(19)20/h3-7,10,13-14H,2,8-9H2,1H3,(H,17,18)(H,19,20)/p-1/t13-,14+/m0/s1. The van der Waals surface area contributed by atoms with E-state index in [-0.39, 0.29) is 5.91 Å². The zero-order valence-corrected chi connectivity index (χ0v) is 11.5. The Balaban J connectivity index is 2.10. The summed E-state index contributed by atoms with van der Waals surface area (Å²) in [6.07, 6.45) is 5.33. The molecule has 0 saturated heterocycles. The zero-order chi connectivity index (χ0) is 14.5. The van der Waals surface area contributed by atoms with E-state index in [1.807, 2.05) is 37.3 Å². The van der Waals surface area contributed by atoms with Crippen LogP contribution in [0.5, 0.6) is 0 Å². The maximum Gasteiger partial charge on any atom is 0.228 e. The first-order valence-electron chi connectivity index (χ1n) is 6.87. The van der Waals surface area contributed by atoms with Gasteiger partial charge in [0, 0.05) is 17.6 Å². The van der Waals surface area contributed by atoms with E-state index in [0.717, 1.165) is 12.0 Å².